The molecule has 0 spiro atoms. The zero-order valence-electron chi connectivity index (χ0n) is 13.7. The maximum atomic E-state index is 12.1. The summed E-state index contributed by atoms with van der Waals surface area (Å²) in [6, 6.07) is 9.57. The number of H-pyrrole nitrogens is 1. The molecule has 0 bridgehead atoms. The minimum atomic E-state index is -0.187. The van der Waals surface area contributed by atoms with Gasteiger partial charge in [0.1, 0.15) is 17.2 Å². The van der Waals surface area contributed by atoms with Crippen molar-refractivity contribution in [1.29, 1.82) is 0 Å². The van der Waals surface area contributed by atoms with Crippen molar-refractivity contribution in [3.05, 3.63) is 41.9 Å². The number of carbonyl (C=O) groups excluding carboxylic acids is 1. The Bertz CT molecular complexity index is 794. The van der Waals surface area contributed by atoms with Gasteiger partial charge in [-0.2, -0.15) is 0 Å². The molecule has 1 atom stereocenters. The van der Waals surface area contributed by atoms with Crippen LogP contribution in [0.1, 0.15) is 37.9 Å². The van der Waals surface area contributed by atoms with Crippen LogP contribution in [-0.4, -0.2) is 26.8 Å². The number of aromatic nitrogens is 3. The monoisotopic (exact) mass is 344 g/mol. The number of thioether (sulfide) groups is 1. The van der Waals surface area contributed by atoms with E-state index >= 15 is 0 Å². The molecule has 0 saturated carbocycles. The van der Waals surface area contributed by atoms with Gasteiger partial charge < -0.3 is 9.73 Å². The molecule has 0 aliphatic heterocycles. The van der Waals surface area contributed by atoms with Crippen LogP contribution < -0.4 is 5.32 Å². The maximum absolute atomic E-state index is 12.1. The molecular formula is C17H20N4O2S. The summed E-state index contributed by atoms with van der Waals surface area (Å²) in [7, 11) is 0. The molecule has 0 radical (unpaired) electrons. The number of benzene rings is 1. The standard InChI is InChI=1S/C17H20N4O2S/c1-3-6-15-19-17(21-20-15)24-10-16(22)18-11(2)14-9-12-7-4-5-8-13(12)23-14/h4-5,7-9,11H,3,6,10H2,1-2H3,(H,18,22)(H,19,20,21). The van der Waals surface area contributed by atoms with Crippen LogP contribution in [0.3, 0.4) is 0 Å². The lowest BCUT2D eigenvalue weighted by molar-refractivity contribution is -0.119. The average Bonchev–Trinajstić information content (AvgIpc) is 3.19. The quantitative estimate of drug-likeness (QED) is 0.641. The molecule has 24 heavy (non-hydrogen) atoms. The fraction of sp³-hybridized carbons (Fsp3) is 0.353. The number of aromatic amines is 1. The number of rotatable bonds is 7. The third-order valence-electron chi connectivity index (χ3n) is 3.58. The number of nitrogens with zero attached hydrogens (tertiary/aromatic N) is 2. The number of nitrogens with one attached hydrogen (secondary N) is 2. The van der Waals surface area contributed by atoms with Crippen LogP contribution in [0.25, 0.3) is 11.0 Å². The summed E-state index contributed by atoms with van der Waals surface area (Å²) in [6.45, 7) is 3.99. The van der Waals surface area contributed by atoms with E-state index in [0.29, 0.717) is 5.16 Å². The van der Waals surface area contributed by atoms with E-state index in [2.05, 4.69) is 27.4 Å². The molecule has 2 N–H and O–H groups in total. The van der Waals surface area contributed by atoms with Gasteiger partial charge in [0, 0.05) is 11.8 Å². The van der Waals surface area contributed by atoms with Crippen molar-refractivity contribution < 1.29 is 9.21 Å². The largest absolute Gasteiger partial charge is 0.459 e. The zero-order valence-corrected chi connectivity index (χ0v) is 14.5. The molecule has 3 rings (SSSR count). The van der Waals surface area contributed by atoms with Gasteiger partial charge in [-0.1, -0.05) is 36.9 Å². The van der Waals surface area contributed by atoms with Crippen molar-refractivity contribution in [3.8, 4) is 0 Å². The fourth-order valence-electron chi connectivity index (χ4n) is 2.39. The van der Waals surface area contributed by atoms with Crippen molar-refractivity contribution in [1.82, 2.24) is 20.5 Å². The Balaban J connectivity index is 1.53. The number of carbonyl (C=O) groups is 1. The summed E-state index contributed by atoms with van der Waals surface area (Å²) in [5, 5.41) is 11.6. The lowest BCUT2D eigenvalue weighted by Gasteiger charge is -2.10. The van der Waals surface area contributed by atoms with Crippen molar-refractivity contribution >= 4 is 28.6 Å². The van der Waals surface area contributed by atoms with Crippen LogP contribution in [0.5, 0.6) is 0 Å². The zero-order chi connectivity index (χ0) is 16.9. The van der Waals surface area contributed by atoms with Crippen LogP contribution in [0, 0.1) is 0 Å². The lowest BCUT2D eigenvalue weighted by Crippen LogP contribution is -2.27. The normalized spacial score (nSPS) is 12.4. The second-order valence-electron chi connectivity index (χ2n) is 5.58. The number of fused-ring (bicyclic) bond motifs is 1. The highest BCUT2D eigenvalue weighted by atomic mass is 32.2. The third kappa shape index (κ3) is 3.97. The molecule has 6 nitrogen and oxygen atoms in total. The molecule has 1 unspecified atom stereocenters. The SMILES string of the molecule is CCCc1nc(SCC(=O)NC(C)c2cc3ccccc3o2)n[nH]1. The van der Waals surface area contributed by atoms with Gasteiger partial charge in [-0.3, -0.25) is 9.89 Å². The van der Waals surface area contributed by atoms with Crippen LogP contribution in [-0.2, 0) is 11.2 Å². The van der Waals surface area contributed by atoms with Gasteiger partial charge in [0.25, 0.3) is 0 Å². The van der Waals surface area contributed by atoms with E-state index in [9.17, 15) is 4.79 Å². The van der Waals surface area contributed by atoms with Crippen molar-refractivity contribution in [2.24, 2.45) is 0 Å². The van der Waals surface area contributed by atoms with Gasteiger partial charge in [-0.25, -0.2) is 4.98 Å². The van der Waals surface area contributed by atoms with E-state index in [4.69, 9.17) is 4.42 Å². The average molecular weight is 344 g/mol. The summed E-state index contributed by atoms with van der Waals surface area (Å²) >= 11 is 1.32. The molecule has 1 aromatic carbocycles. The molecule has 0 aliphatic rings. The van der Waals surface area contributed by atoms with Gasteiger partial charge in [0.15, 0.2) is 0 Å². The minimum absolute atomic E-state index is 0.0743. The molecule has 0 saturated heterocycles. The van der Waals surface area contributed by atoms with Gasteiger partial charge >= 0.3 is 0 Å². The van der Waals surface area contributed by atoms with Crippen LogP contribution in [0.4, 0.5) is 0 Å². The molecule has 0 fully saturated rings. The number of hydrogen-bond acceptors (Lipinski definition) is 5. The number of furan rings is 1. The van der Waals surface area contributed by atoms with Gasteiger partial charge in [-0.15, -0.1) is 5.10 Å². The summed E-state index contributed by atoms with van der Waals surface area (Å²) in [5.41, 5.74) is 0.826. The predicted octanol–water partition coefficient (Wildman–Crippen LogP) is 3.47. The summed E-state index contributed by atoms with van der Waals surface area (Å²) < 4.78 is 5.77. The molecule has 1 amide bonds. The highest BCUT2D eigenvalue weighted by Gasteiger charge is 2.15. The number of amides is 1. The second kappa shape index (κ2) is 7.53. The number of aryl methyl sites for hydroxylation is 1. The Morgan fingerprint density at radius 1 is 1.42 bits per heavy atom. The van der Waals surface area contributed by atoms with Gasteiger partial charge in [0.05, 0.1) is 11.8 Å². The Morgan fingerprint density at radius 2 is 2.25 bits per heavy atom. The minimum Gasteiger partial charge on any atom is -0.459 e. The van der Waals surface area contributed by atoms with E-state index in [1.807, 2.05) is 37.3 Å². The van der Waals surface area contributed by atoms with Crippen molar-refractivity contribution in [3.63, 3.8) is 0 Å². The van der Waals surface area contributed by atoms with E-state index in [0.717, 1.165) is 35.4 Å². The van der Waals surface area contributed by atoms with Crippen LogP contribution in [0.15, 0.2) is 39.9 Å². The van der Waals surface area contributed by atoms with E-state index in [-0.39, 0.29) is 17.7 Å². The fourth-order valence-corrected chi connectivity index (χ4v) is 3.02. The highest BCUT2D eigenvalue weighted by molar-refractivity contribution is 7.99. The first-order valence-electron chi connectivity index (χ1n) is 7.97. The van der Waals surface area contributed by atoms with Crippen LogP contribution in [0.2, 0.25) is 0 Å². The van der Waals surface area contributed by atoms with Crippen LogP contribution >= 0.6 is 11.8 Å². The lowest BCUT2D eigenvalue weighted by atomic mass is 10.2. The highest BCUT2D eigenvalue weighted by Crippen LogP contribution is 2.23. The predicted molar refractivity (Wildman–Crippen MR) is 93.9 cm³/mol. The van der Waals surface area contributed by atoms with E-state index in [1.54, 1.807) is 0 Å². The first-order valence-corrected chi connectivity index (χ1v) is 8.96. The third-order valence-corrected chi connectivity index (χ3v) is 4.43. The molecule has 3 aromatic rings. The van der Waals surface area contributed by atoms with Crippen molar-refractivity contribution in [2.45, 2.75) is 37.9 Å². The van der Waals surface area contributed by atoms with Gasteiger partial charge in [0.2, 0.25) is 11.1 Å². The molecular weight excluding hydrogens is 324 g/mol. The summed E-state index contributed by atoms with van der Waals surface area (Å²) in [6.07, 6.45) is 1.87. The molecule has 7 heteroatoms. The smallest absolute Gasteiger partial charge is 0.231 e. The first-order chi connectivity index (χ1) is 11.7. The maximum Gasteiger partial charge on any atom is 0.231 e. The summed E-state index contributed by atoms with van der Waals surface area (Å²) in [4.78, 5) is 16.4. The molecule has 0 aliphatic carbocycles. The summed E-state index contributed by atoms with van der Waals surface area (Å²) in [5.74, 6) is 1.80. The second-order valence-corrected chi connectivity index (χ2v) is 6.52. The van der Waals surface area contributed by atoms with Crippen molar-refractivity contribution in [2.75, 3.05) is 5.75 Å². The van der Waals surface area contributed by atoms with E-state index < -0.39 is 0 Å². The molecule has 2 heterocycles. The Morgan fingerprint density at radius 3 is 3.04 bits per heavy atom. The van der Waals surface area contributed by atoms with E-state index in [1.165, 1.54) is 11.8 Å². The van der Waals surface area contributed by atoms with Gasteiger partial charge in [-0.05, 0) is 25.5 Å². The number of hydrogen-bond donors (Lipinski definition) is 2. The number of para-hydroxylation sites is 1. The first kappa shape index (κ1) is 16.6. The topological polar surface area (TPSA) is 83.8 Å². The molecule has 2 aromatic heterocycles. The Kier molecular flexibility index (Phi) is 5.20. The Hall–Kier alpha value is -2.28. The molecule has 126 valence electrons. The Labute approximate surface area is 144 Å².